The second-order valence-electron chi connectivity index (χ2n) is 6.58. The first-order valence-corrected chi connectivity index (χ1v) is 8.40. The summed E-state index contributed by atoms with van der Waals surface area (Å²) in [4.78, 5) is 9.35. The molecule has 2 fully saturated rings. The number of nitrogens with two attached hydrogens (primary N) is 1. The van der Waals surface area contributed by atoms with Crippen LogP contribution in [0, 0.1) is 5.92 Å². The Kier molecular flexibility index (Phi) is 4.88. The van der Waals surface area contributed by atoms with Crippen molar-refractivity contribution in [3.8, 4) is 0 Å². The molecular weight excluding hydrogens is 260 g/mol. The highest BCUT2D eigenvalue weighted by molar-refractivity contribution is 5.17. The minimum Gasteiger partial charge on any atom is -0.326 e. The van der Waals surface area contributed by atoms with E-state index in [0.29, 0.717) is 6.04 Å². The monoisotopic (exact) mass is 288 g/mol. The second kappa shape index (κ2) is 6.86. The van der Waals surface area contributed by atoms with Gasteiger partial charge in [-0.15, -0.1) is 0 Å². The van der Waals surface area contributed by atoms with Crippen molar-refractivity contribution in [3.63, 3.8) is 0 Å². The van der Waals surface area contributed by atoms with E-state index in [0.717, 1.165) is 25.4 Å². The van der Waals surface area contributed by atoms with Crippen LogP contribution in [0.5, 0.6) is 0 Å². The van der Waals surface area contributed by atoms with E-state index >= 15 is 0 Å². The maximum atomic E-state index is 6.43. The van der Waals surface area contributed by atoms with Gasteiger partial charge in [-0.1, -0.05) is 6.92 Å². The van der Waals surface area contributed by atoms with E-state index in [9.17, 15) is 0 Å². The van der Waals surface area contributed by atoms with E-state index in [1.165, 1.54) is 38.0 Å². The summed E-state index contributed by atoms with van der Waals surface area (Å²) in [5, 5.41) is 0. The van der Waals surface area contributed by atoms with Crippen LogP contribution < -0.4 is 5.73 Å². The highest BCUT2D eigenvalue weighted by Gasteiger charge is 2.31. The van der Waals surface area contributed by atoms with Gasteiger partial charge >= 0.3 is 0 Å². The highest BCUT2D eigenvalue weighted by Crippen LogP contribution is 2.31. The molecular formula is C17H28N4. The lowest BCUT2D eigenvalue weighted by atomic mass is 9.96. The molecule has 2 atom stereocenters. The lowest BCUT2D eigenvalue weighted by Gasteiger charge is -2.41. The maximum Gasteiger partial charge on any atom is 0.0501 e. The molecule has 116 valence electrons. The van der Waals surface area contributed by atoms with Crippen molar-refractivity contribution in [2.75, 3.05) is 32.7 Å². The fraction of sp³-hybridized carbons (Fsp3) is 0.706. The van der Waals surface area contributed by atoms with Gasteiger partial charge in [0.05, 0.1) is 6.04 Å². The first kappa shape index (κ1) is 14.9. The third kappa shape index (κ3) is 3.82. The topological polar surface area (TPSA) is 45.4 Å². The van der Waals surface area contributed by atoms with Crippen molar-refractivity contribution in [1.82, 2.24) is 14.8 Å². The molecule has 0 amide bonds. The number of hydrogen-bond donors (Lipinski definition) is 1. The van der Waals surface area contributed by atoms with E-state index < -0.39 is 0 Å². The third-order valence-corrected chi connectivity index (χ3v) is 4.94. The second-order valence-corrected chi connectivity index (χ2v) is 6.58. The van der Waals surface area contributed by atoms with E-state index in [1.807, 2.05) is 12.4 Å². The molecule has 1 aromatic rings. The lowest BCUT2D eigenvalue weighted by Crippen LogP contribution is -2.51. The Morgan fingerprint density at radius 1 is 1.19 bits per heavy atom. The summed E-state index contributed by atoms with van der Waals surface area (Å²) in [7, 11) is 0. The summed E-state index contributed by atoms with van der Waals surface area (Å²) in [6.45, 7) is 8.14. The van der Waals surface area contributed by atoms with Crippen LogP contribution >= 0.6 is 0 Å². The summed E-state index contributed by atoms with van der Waals surface area (Å²) in [5.74, 6) is 0.991. The van der Waals surface area contributed by atoms with Crippen molar-refractivity contribution in [1.29, 1.82) is 0 Å². The van der Waals surface area contributed by atoms with Crippen LogP contribution in [-0.4, -0.2) is 53.5 Å². The quantitative estimate of drug-likeness (QED) is 0.868. The predicted octanol–water partition coefficient (Wildman–Crippen LogP) is 1.89. The van der Waals surface area contributed by atoms with Crippen LogP contribution in [0.4, 0.5) is 0 Å². The summed E-state index contributed by atoms with van der Waals surface area (Å²) >= 11 is 0. The summed E-state index contributed by atoms with van der Waals surface area (Å²) < 4.78 is 0. The van der Waals surface area contributed by atoms with Crippen LogP contribution in [0.3, 0.4) is 0 Å². The standard InChI is InChI=1S/C17H28N4/c1-2-16(18)17(15-5-7-19-8-6-15)21-11-9-20(10-12-21)13-14-3-4-14/h5-8,14,16-17H,2-4,9-13,18H2,1H3. The average molecular weight is 288 g/mol. The minimum atomic E-state index is 0.197. The van der Waals surface area contributed by atoms with Crippen LogP contribution in [-0.2, 0) is 0 Å². The summed E-state index contributed by atoms with van der Waals surface area (Å²) in [6.07, 6.45) is 7.67. The molecule has 0 aromatic carbocycles. The lowest BCUT2D eigenvalue weighted by molar-refractivity contribution is 0.0811. The van der Waals surface area contributed by atoms with Crippen LogP contribution in [0.2, 0.25) is 0 Å². The van der Waals surface area contributed by atoms with Gasteiger partial charge in [0.1, 0.15) is 0 Å². The van der Waals surface area contributed by atoms with Crippen LogP contribution in [0.1, 0.15) is 37.8 Å². The number of nitrogens with zero attached hydrogens (tertiary/aromatic N) is 3. The van der Waals surface area contributed by atoms with Crippen LogP contribution in [0.15, 0.2) is 24.5 Å². The van der Waals surface area contributed by atoms with E-state index in [4.69, 9.17) is 5.73 Å². The predicted molar refractivity (Wildman–Crippen MR) is 86.0 cm³/mol. The molecule has 1 saturated carbocycles. The first-order chi connectivity index (χ1) is 10.3. The van der Waals surface area contributed by atoms with Crippen molar-refractivity contribution in [3.05, 3.63) is 30.1 Å². The highest BCUT2D eigenvalue weighted by atomic mass is 15.3. The van der Waals surface area contributed by atoms with Gasteiger partial charge in [-0.3, -0.25) is 9.88 Å². The van der Waals surface area contributed by atoms with Gasteiger partial charge in [0.15, 0.2) is 0 Å². The molecule has 4 nitrogen and oxygen atoms in total. The smallest absolute Gasteiger partial charge is 0.0501 e. The molecule has 2 aliphatic rings. The number of hydrogen-bond acceptors (Lipinski definition) is 4. The molecule has 1 aliphatic carbocycles. The number of aromatic nitrogens is 1. The van der Waals surface area contributed by atoms with E-state index in [2.05, 4.69) is 33.8 Å². The Hall–Kier alpha value is -0.970. The number of piperazine rings is 1. The van der Waals surface area contributed by atoms with Gasteiger partial charge in [0.25, 0.3) is 0 Å². The van der Waals surface area contributed by atoms with Crippen molar-refractivity contribution in [2.24, 2.45) is 11.7 Å². The Balaban J connectivity index is 1.64. The molecule has 1 saturated heterocycles. The Bertz CT molecular complexity index is 424. The van der Waals surface area contributed by atoms with Gasteiger partial charge in [0, 0.05) is 51.2 Å². The molecule has 4 heteroatoms. The van der Waals surface area contributed by atoms with Crippen LogP contribution in [0.25, 0.3) is 0 Å². The summed E-state index contributed by atoms with van der Waals surface area (Å²) in [6, 6.07) is 4.77. The molecule has 1 aromatic heterocycles. The molecule has 2 unspecified atom stereocenters. The number of rotatable bonds is 6. The fourth-order valence-electron chi connectivity index (χ4n) is 3.40. The zero-order valence-electron chi connectivity index (χ0n) is 13.1. The molecule has 1 aliphatic heterocycles. The zero-order chi connectivity index (χ0) is 14.7. The molecule has 21 heavy (non-hydrogen) atoms. The molecule has 0 spiro atoms. The minimum absolute atomic E-state index is 0.197. The first-order valence-electron chi connectivity index (χ1n) is 8.40. The summed E-state index contributed by atoms with van der Waals surface area (Å²) in [5.41, 5.74) is 7.74. The molecule has 2 N–H and O–H groups in total. The van der Waals surface area contributed by atoms with Crippen molar-refractivity contribution >= 4 is 0 Å². The SMILES string of the molecule is CCC(N)C(c1ccncc1)N1CCN(CC2CC2)CC1. The van der Waals surface area contributed by atoms with Gasteiger partial charge < -0.3 is 10.6 Å². The molecule has 2 heterocycles. The Morgan fingerprint density at radius 2 is 1.86 bits per heavy atom. The van der Waals surface area contributed by atoms with E-state index in [-0.39, 0.29) is 6.04 Å². The van der Waals surface area contributed by atoms with Gasteiger partial charge in [-0.05, 0) is 42.9 Å². The van der Waals surface area contributed by atoms with Crippen molar-refractivity contribution in [2.45, 2.75) is 38.3 Å². The van der Waals surface area contributed by atoms with Gasteiger partial charge in [-0.2, -0.15) is 0 Å². The number of pyridine rings is 1. The van der Waals surface area contributed by atoms with E-state index in [1.54, 1.807) is 0 Å². The Morgan fingerprint density at radius 3 is 2.43 bits per heavy atom. The average Bonchev–Trinajstić information content (AvgIpc) is 3.34. The third-order valence-electron chi connectivity index (χ3n) is 4.94. The van der Waals surface area contributed by atoms with Gasteiger partial charge in [-0.25, -0.2) is 0 Å². The maximum absolute atomic E-state index is 6.43. The Labute approximate surface area is 128 Å². The molecule has 0 radical (unpaired) electrons. The zero-order valence-corrected chi connectivity index (χ0v) is 13.1. The fourth-order valence-corrected chi connectivity index (χ4v) is 3.40. The largest absolute Gasteiger partial charge is 0.326 e. The molecule has 3 rings (SSSR count). The molecule has 0 bridgehead atoms. The normalized spacial score (nSPS) is 23.9. The van der Waals surface area contributed by atoms with Gasteiger partial charge in [0.2, 0.25) is 0 Å². The van der Waals surface area contributed by atoms with Crippen molar-refractivity contribution < 1.29 is 0 Å².